The lowest BCUT2D eigenvalue weighted by Crippen LogP contribution is -2.36. The van der Waals surface area contributed by atoms with E-state index in [0.29, 0.717) is 23.7 Å². The van der Waals surface area contributed by atoms with Crippen molar-refractivity contribution in [1.29, 1.82) is 0 Å². The van der Waals surface area contributed by atoms with E-state index in [-0.39, 0.29) is 6.54 Å². The predicted octanol–water partition coefficient (Wildman–Crippen LogP) is 0.651. The summed E-state index contributed by atoms with van der Waals surface area (Å²) in [6, 6.07) is 3.47. The summed E-state index contributed by atoms with van der Waals surface area (Å²) in [5.41, 5.74) is 0.780. The number of hydrogen-bond acceptors (Lipinski definition) is 5. The zero-order chi connectivity index (χ0) is 16.0. The number of nitrogens with zero attached hydrogens (tertiary/aromatic N) is 1. The molecule has 8 heteroatoms. The van der Waals surface area contributed by atoms with Crippen molar-refractivity contribution < 1.29 is 22.6 Å². The van der Waals surface area contributed by atoms with E-state index >= 15 is 0 Å². The van der Waals surface area contributed by atoms with Crippen molar-refractivity contribution >= 4 is 10.2 Å². The molecule has 1 N–H and O–H groups in total. The molecule has 1 aromatic carbocycles. The summed E-state index contributed by atoms with van der Waals surface area (Å²) in [4.78, 5) is 0. The molecule has 120 valence electrons. The number of benzene rings is 1. The van der Waals surface area contributed by atoms with Crippen molar-refractivity contribution in [2.45, 2.75) is 6.42 Å². The minimum atomic E-state index is -3.44. The van der Waals surface area contributed by atoms with E-state index in [1.165, 1.54) is 14.1 Å². The Morgan fingerprint density at radius 1 is 1.05 bits per heavy atom. The second-order valence-corrected chi connectivity index (χ2v) is 6.41. The van der Waals surface area contributed by atoms with Crippen molar-refractivity contribution in [2.24, 2.45) is 0 Å². The molecule has 7 nitrogen and oxygen atoms in total. The third kappa shape index (κ3) is 4.48. The van der Waals surface area contributed by atoms with Crippen LogP contribution in [-0.2, 0) is 16.6 Å². The molecule has 0 aliphatic carbocycles. The van der Waals surface area contributed by atoms with Crippen molar-refractivity contribution in [2.75, 3.05) is 42.0 Å². The van der Waals surface area contributed by atoms with Crippen LogP contribution in [-0.4, -0.2) is 54.7 Å². The molecule has 0 saturated heterocycles. The lowest BCUT2D eigenvalue weighted by Gasteiger charge is -2.16. The maximum absolute atomic E-state index is 11.7. The molecule has 0 bridgehead atoms. The Morgan fingerprint density at radius 2 is 1.57 bits per heavy atom. The monoisotopic (exact) mass is 318 g/mol. The summed E-state index contributed by atoms with van der Waals surface area (Å²) in [7, 11) is 4.14. The van der Waals surface area contributed by atoms with Gasteiger partial charge in [0, 0.05) is 38.3 Å². The number of rotatable bonds is 8. The van der Waals surface area contributed by atoms with Crippen LogP contribution in [0.2, 0.25) is 0 Å². The van der Waals surface area contributed by atoms with Gasteiger partial charge in [-0.3, -0.25) is 0 Å². The normalized spacial score (nSPS) is 11.5. The Kier molecular flexibility index (Phi) is 6.25. The molecular weight excluding hydrogens is 296 g/mol. The predicted molar refractivity (Wildman–Crippen MR) is 80.4 cm³/mol. The molecule has 0 aliphatic rings. The van der Waals surface area contributed by atoms with E-state index in [1.807, 2.05) is 0 Å². The highest BCUT2D eigenvalue weighted by atomic mass is 32.2. The van der Waals surface area contributed by atoms with Gasteiger partial charge in [0.25, 0.3) is 10.2 Å². The minimum absolute atomic E-state index is 0.236. The van der Waals surface area contributed by atoms with Crippen LogP contribution < -0.4 is 18.9 Å². The van der Waals surface area contributed by atoms with Gasteiger partial charge in [-0.2, -0.15) is 12.7 Å². The third-order valence-corrected chi connectivity index (χ3v) is 4.49. The first-order valence-corrected chi connectivity index (χ1v) is 7.75. The topological polar surface area (TPSA) is 77.1 Å². The van der Waals surface area contributed by atoms with Crippen LogP contribution in [0.1, 0.15) is 5.56 Å². The van der Waals surface area contributed by atoms with E-state index in [9.17, 15) is 8.42 Å². The van der Waals surface area contributed by atoms with Gasteiger partial charge in [-0.25, -0.2) is 4.72 Å². The van der Waals surface area contributed by atoms with Crippen LogP contribution in [0.4, 0.5) is 0 Å². The molecule has 21 heavy (non-hydrogen) atoms. The number of ether oxygens (including phenoxy) is 3. The fourth-order valence-electron chi connectivity index (χ4n) is 1.76. The van der Waals surface area contributed by atoms with E-state index in [2.05, 4.69) is 4.72 Å². The van der Waals surface area contributed by atoms with Gasteiger partial charge in [-0.05, 0) is 6.42 Å². The van der Waals surface area contributed by atoms with Crippen LogP contribution in [0.5, 0.6) is 17.2 Å². The standard InChI is InChI=1S/C13H22N2O5S/c1-15(2)21(16,17)14-7-6-11-12(19-4)8-10(18-3)9-13(11)20-5/h8-9,14H,6-7H2,1-5H3. The molecule has 0 atom stereocenters. The third-order valence-electron chi connectivity index (χ3n) is 2.96. The Balaban J connectivity index is 2.92. The Hall–Kier alpha value is -1.51. The van der Waals surface area contributed by atoms with Gasteiger partial charge < -0.3 is 14.2 Å². The van der Waals surface area contributed by atoms with Crippen LogP contribution in [0.25, 0.3) is 0 Å². The molecule has 0 radical (unpaired) electrons. The molecule has 0 aliphatic heterocycles. The summed E-state index contributed by atoms with van der Waals surface area (Å²) in [6.45, 7) is 0.236. The number of nitrogens with one attached hydrogen (secondary N) is 1. The summed E-state index contributed by atoms with van der Waals surface area (Å²) in [6.07, 6.45) is 0.434. The molecule has 0 amide bonds. The van der Waals surface area contributed by atoms with E-state index < -0.39 is 10.2 Å². The van der Waals surface area contributed by atoms with Gasteiger partial charge in [-0.1, -0.05) is 0 Å². The molecule has 0 saturated carbocycles. The maximum Gasteiger partial charge on any atom is 0.278 e. The molecule has 0 fully saturated rings. The minimum Gasteiger partial charge on any atom is -0.496 e. The summed E-state index contributed by atoms with van der Waals surface area (Å²) in [5.74, 6) is 1.80. The Labute approximate surface area is 126 Å². The molecule has 0 heterocycles. The zero-order valence-electron chi connectivity index (χ0n) is 13.0. The van der Waals surface area contributed by atoms with Gasteiger partial charge in [0.05, 0.1) is 21.3 Å². The lowest BCUT2D eigenvalue weighted by molar-refractivity contribution is 0.368. The lowest BCUT2D eigenvalue weighted by atomic mass is 10.1. The quantitative estimate of drug-likeness (QED) is 0.761. The summed E-state index contributed by atoms with van der Waals surface area (Å²) < 4.78 is 42.7. The van der Waals surface area contributed by atoms with Crippen molar-refractivity contribution in [3.63, 3.8) is 0 Å². The fraction of sp³-hybridized carbons (Fsp3) is 0.538. The molecule has 0 unspecified atom stereocenters. The first-order chi connectivity index (χ1) is 9.85. The second kappa shape index (κ2) is 7.48. The van der Waals surface area contributed by atoms with Gasteiger partial charge in [0.15, 0.2) is 0 Å². The largest absolute Gasteiger partial charge is 0.496 e. The Morgan fingerprint density at radius 3 is 1.95 bits per heavy atom. The maximum atomic E-state index is 11.7. The van der Waals surface area contributed by atoms with Gasteiger partial charge in [0.2, 0.25) is 0 Å². The highest BCUT2D eigenvalue weighted by Crippen LogP contribution is 2.34. The number of hydrogen-bond donors (Lipinski definition) is 1. The first-order valence-electron chi connectivity index (χ1n) is 6.31. The van der Waals surface area contributed by atoms with Crippen molar-refractivity contribution in [1.82, 2.24) is 9.03 Å². The summed E-state index contributed by atoms with van der Waals surface area (Å²) >= 11 is 0. The molecule has 1 aromatic rings. The molecule has 1 rings (SSSR count). The van der Waals surface area contributed by atoms with E-state index in [4.69, 9.17) is 14.2 Å². The zero-order valence-corrected chi connectivity index (χ0v) is 13.8. The molecular formula is C13H22N2O5S. The SMILES string of the molecule is COc1cc(OC)c(CCNS(=O)(=O)N(C)C)c(OC)c1. The molecule has 0 spiro atoms. The number of methoxy groups -OCH3 is 3. The van der Waals surface area contributed by atoms with Crippen molar-refractivity contribution in [3.05, 3.63) is 17.7 Å². The fourth-order valence-corrected chi connectivity index (χ4v) is 2.38. The van der Waals surface area contributed by atoms with Crippen molar-refractivity contribution in [3.8, 4) is 17.2 Å². The van der Waals surface area contributed by atoms with Crippen LogP contribution in [0.3, 0.4) is 0 Å². The van der Waals surface area contributed by atoms with Crippen LogP contribution in [0, 0.1) is 0 Å². The van der Waals surface area contributed by atoms with E-state index in [0.717, 1.165) is 9.87 Å². The average Bonchev–Trinajstić information content (AvgIpc) is 2.46. The smallest absolute Gasteiger partial charge is 0.278 e. The van der Waals surface area contributed by atoms with Gasteiger partial charge in [-0.15, -0.1) is 0 Å². The van der Waals surface area contributed by atoms with E-state index in [1.54, 1.807) is 33.5 Å². The van der Waals surface area contributed by atoms with Crippen LogP contribution in [0.15, 0.2) is 12.1 Å². The highest BCUT2D eigenvalue weighted by Gasteiger charge is 2.16. The summed E-state index contributed by atoms with van der Waals surface area (Å²) in [5, 5.41) is 0. The first kappa shape index (κ1) is 17.5. The second-order valence-electron chi connectivity index (χ2n) is 4.44. The van der Waals surface area contributed by atoms with Crippen LogP contribution >= 0.6 is 0 Å². The molecule has 0 aromatic heterocycles. The Bertz CT molecular complexity index is 547. The van der Waals surface area contributed by atoms with Gasteiger partial charge >= 0.3 is 0 Å². The highest BCUT2D eigenvalue weighted by molar-refractivity contribution is 7.87. The van der Waals surface area contributed by atoms with Gasteiger partial charge in [0.1, 0.15) is 17.2 Å². The average molecular weight is 318 g/mol.